The van der Waals surface area contributed by atoms with E-state index in [1.165, 1.54) is 0 Å². The maximum Gasteiger partial charge on any atom is 0.158 e. The predicted octanol–water partition coefficient (Wildman–Crippen LogP) is 3.51. The van der Waals surface area contributed by atoms with Crippen LogP contribution in [0.2, 0.25) is 0 Å². The molecule has 0 saturated heterocycles. The standard InChI is InChI=1S/C14H20O/c1-4-14(3)10(2)8-9-11-12(14)6-5-7-13(11)15/h4,9-10,12H,1,5-8H2,2-3H3/t10-,12+,14+/m1/s1. The first kappa shape index (κ1) is 10.7. The summed E-state index contributed by atoms with van der Waals surface area (Å²) in [5.41, 5.74) is 1.22. The van der Waals surface area contributed by atoms with Crippen LogP contribution in [0.15, 0.2) is 24.3 Å². The molecular weight excluding hydrogens is 184 g/mol. The van der Waals surface area contributed by atoms with Crippen molar-refractivity contribution in [3.63, 3.8) is 0 Å². The van der Waals surface area contributed by atoms with Crippen molar-refractivity contribution in [2.45, 2.75) is 39.5 Å². The number of fused-ring (bicyclic) bond motifs is 1. The summed E-state index contributed by atoms with van der Waals surface area (Å²) in [5, 5.41) is 0. The van der Waals surface area contributed by atoms with E-state index in [1.807, 2.05) is 0 Å². The van der Waals surface area contributed by atoms with Crippen LogP contribution >= 0.6 is 0 Å². The zero-order valence-corrected chi connectivity index (χ0v) is 9.75. The predicted molar refractivity (Wildman–Crippen MR) is 62.5 cm³/mol. The quantitative estimate of drug-likeness (QED) is 0.597. The zero-order valence-electron chi connectivity index (χ0n) is 9.75. The fraction of sp³-hybridized carbons (Fsp3) is 0.643. The van der Waals surface area contributed by atoms with E-state index in [2.05, 4.69) is 32.6 Å². The van der Waals surface area contributed by atoms with Gasteiger partial charge < -0.3 is 0 Å². The first-order chi connectivity index (χ1) is 7.09. The molecule has 82 valence electrons. The number of rotatable bonds is 1. The molecule has 2 aliphatic rings. The Morgan fingerprint density at radius 2 is 2.33 bits per heavy atom. The van der Waals surface area contributed by atoms with Gasteiger partial charge in [0, 0.05) is 6.42 Å². The smallest absolute Gasteiger partial charge is 0.158 e. The van der Waals surface area contributed by atoms with Crippen LogP contribution in [0.4, 0.5) is 0 Å². The van der Waals surface area contributed by atoms with Crippen LogP contribution in [0.5, 0.6) is 0 Å². The molecule has 2 rings (SSSR count). The molecule has 0 spiro atoms. The van der Waals surface area contributed by atoms with E-state index in [4.69, 9.17) is 0 Å². The van der Waals surface area contributed by atoms with Crippen molar-refractivity contribution in [2.75, 3.05) is 0 Å². The molecule has 0 bridgehead atoms. The van der Waals surface area contributed by atoms with Gasteiger partial charge in [-0.2, -0.15) is 0 Å². The van der Waals surface area contributed by atoms with Crippen LogP contribution < -0.4 is 0 Å². The van der Waals surface area contributed by atoms with Crippen molar-refractivity contribution in [3.8, 4) is 0 Å². The summed E-state index contributed by atoms with van der Waals surface area (Å²) in [4.78, 5) is 11.8. The highest BCUT2D eigenvalue weighted by atomic mass is 16.1. The highest BCUT2D eigenvalue weighted by Gasteiger charge is 2.43. The van der Waals surface area contributed by atoms with E-state index in [0.29, 0.717) is 17.6 Å². The Bertz CT molecular complexity index is 326. The Morgan fingerprint density at radius 3 is 3.00 bits per heavy atom. The number of carbonyl (C=O) groups is 1. The van der Waals surface area contributed by atoms with E-state index in [9.17, 15) is 4.79 Å². The fourth-order valence-electron chi connectivity index (χ4n) is 3.11. The summed E-state index contributed by atoms with van der Waals surface area (Å²) >= 11 is 0. The van der Waals surface area contributed by atoms with Crippen LogP contribution in [-0.4, -0.2) is 5.78 Å². The van der Waals surface area contributed by atoms with Gasteiger partial charge in [-0.15, -0.1) is 6.58 Å². The van der Waals surface area contributed by atoms with Gasteiger partial charge in [0.25, 0.3) is 0 Å². The summed E-state index contributed by atoms with van der Waals surface area (Å²) < 4.78 is 0. The monoisotopic (exact) mass is 204 g/mol. The van der Waals surface area contributed by atoms with Gasteiger partial charge in [-0.25, -0.2) is 0 Å². The third-order valence-electron chi connectivity index (χ3n) is 4.54. The molecule has 15 heavy (non-hydrogen) atoms. The van der Waals surface area contributed by atoms with Crippen molar-refractivity contribution in [1.29, 1.82) is 0 Å². The van der Waals surface area contributed by atoms with E-state index in [1.54, 1.807) is 0 Å². The lowest BCUT2D eigenvalue weighted by Crippen LogP contribution is -2.40. The molecule has 0 aliphatic heterocycles. The Morgan fingerprint density at radius 1 is 1.60 bits per heavy atom. The van der Waals surface area contributed by atoms with Gasteiger partial charge in [-0.05, 0) is 42.1 Å². The molecule has 0 aromatic carbocycles. The Labute approximate surface area is 92.3 Å². The van der Waals surface area contributed by atoms with Gasteiger partial charge in [0.05, 0.1) is 0 Å². The maximum atomic E-state index is 11.8. The largest absolute Gasteiger partial charge is 0.295 e. The van der Waals surface area contributed by atoms with Gasteiger partial charge >= 0.3 is 0 Å². The molecule has 0 aromatic heterocycles. The SMILES string of the molecule is C=C[C@@]1(C)[C@H](C)CC=C2C(=O)CCC[C@@H]21. The Kier molecular flexibility index (Phi) is 2.57. The normalized spacial score (nSPS) is 40.7. The lowest BCUT2D eigenvalue weighted by atomic mass is 9.58. The van der Waals surface area contributed by atoms with Gasteiger partial charge in [0.2, 0.25) is 0 Å². The number of allylic oxidation sites excluding steroid dienone is 3. The molecule has 1 heteroatoms. The number of hydrogen-bond acceptors (Lipinski definition) is 1. The van der Waals surface area contributed by atoms with E-state index < -0.39 is 0 Å². The summed E-state index contributed by atoms with van der Waals surface area (Å²) in [6.07, 6.45) is 8.25. The van der Waals surface area contributed by atoms with E-state index >= 15 is 0 Å². The molecule has 3 atom stereocenters. The van der Waals surface area contributed by atoms with Crippen LogP contribution in [-0.2, 0) is 4.79 Å². The minimum absolute atomic E-state index is 0.125. The number of carbonyl (C=O) groups excluding carboxylic acids is 1. The van der Waals surface area contributed by atoms with E-state index in [0.717, 1.165) is 31.3 Å². The number of Topliss-reactive ketones (excluding diaryl/α,β-unsaturated/α-hetero) is 1. The summed E-state index contributed by atoms with van der Waals surface area (Å²) in [6.45, 7) is 8.52. The van der Waals surface area contributed by atoms with Crippen molar-refractivity contribution >= 4 is 5.78 Å². The van der Waals surface area contributed by atoms with Gasteiger partial charge in [-0.3, -0.25) is 4.79 Å². The summed E-state index contributed by atoms with van der Waals surface area (Å²) in [7, 11) is 0. The molecule has 1 fully saturated rings. The van der Waals surface area contributed by atoms with Crippen LogP contribution in [0.3, 0.4) is 0 Å². The molecule has 0 amide bonds. The van der Waals surface area contributed by atoms with Crippen molar-refractivity contribution in [3.05, 3.63) is 24.3 Å². The first-order valence-corrected chi connectivity index (χ1v) is 5.96. The molecule has 2 aliphatic carbocycles. The third kappa shape index (κ3) is 1.49. The highest BCUT2D eigenvalue weighted by molar-refractivity contribution is 5.96. The fourth-order valence-corrected chi connectivity index (χ4v) is 3.11. The molecular formula is C14H20O. The third-order valence-corrected chi connectivity index (χ3v) is 4.54. The second-order valence-corrected chi connectivity index (χ2v) is 5.23. The average Bonchev–Trinajstić information content (AvgIpc) is 2.24. The molecule has 0 aromatic rings. The number of hydrogen-bond donors (Lipinski definition) is 0. The minimum Gasteiger partial charge on any atom is -0.295 e. The number of ketones is 1. The van der Waals surface area contributed by atoms with Crippen molar-refractivity contribution in [1.82, 2.24) is 0 Å². The topological polar surface area (TPSA) is 17.1 Å². The summed E-state index contributed by atoms with van der Waals surface area (Å²) in [6, 6.07) is 0. The first-order valence-electron chi connectivity index (χ1n) is 5.96. The Balaban J connectivity index is 2.40. The van der Waals surface area contributed by atoms with Crippen molar-refractivity contribution in [2.24, 2.45) is 17.3 Å². The second-order valence-electron chi connectivity index (χ2n) is 5.23. The van der Waals surface area contributed by atoms with Crippen LogP contribution in [0.25, 0.3) is 0 Å². The average molecular weight is 204 g/mol. The van der Waals surface area contributed by atoms with Gasteiger partial charge in [-0.1, -0.05) is 26.0 Å². The lowest BCUT2D eigenvalue weighted by molar-refractivity contribution is -0.118. The van der Waals surface area contributed by atoms with E-state index in [-0.39, 0.29) is 5.41 Å². The highest BCUT2D eigenvalue weighted by Crippen LogP contribution is 2.50. The molecule has 0 heterocycles. The van der Waals surface area contributed by atoms with Crippen LogP contribution in [0, 0.1) is 17.3 Å². The van der Waals surface area contributed by atoms with Crippen LogP contribution in [0.1, 0.15) is 39.5 Å². The minimum atomic E-state index is 0.125. The maximum absolute atomic E-state index is 11.8. The molecule has 0 unspecified atom stereocenters. The second kappa shape index (κ2) is 3.62. The molecule has 1 saturated carbocycles. The lowest BCUT2D eigenvalue weighted by Gasteiger charge is -2.46. The Hall–Kier alpha value is -0.850. The van der Waals surface area contributed by atoms with Gasteiger partial charge in [0.15, 0.2) is 5.78 Å². The molecule has 0 radical (unpaired) electrons. The summed E-state index contributed by atoms with van der Waals surface area (Å²) in [5.74, 6) is 1.42. The van der Waals surface area contributed by atoms with Gasteiger partial charge in [0.1, 0.15) is 0 Å². The van der Waals surface area contributed by atoms with Crippen molar-refractivity contribution < 1.29 is 4.79 Å². The molecule has 0 N–H and O–H groups in total. The zero-order chi connectivity index (χ0) is 11.1. The molecule has 1 nitrogen and oxygen atoms in total.